The number of carbonyl (C=O) groups excluding carboxylic acids is 1. The van der Waals surface area contributed by atoms with E-state index in [4.69, 9.17) is 9.47 Å². The molecule has 4 heteroatoms. The first-order chi connectivity index (χ1) is 8.75. The van der Waals surface area contributed by atoms with Gasteiger partial charge in [-0.1, -0.05) is 24.3 Å². The molecule has 90 valence electrons. The molecule has 1 unspecified atom stereocenters. The molecular formula is C14H10O3S. The van der Waals surface area contributed by atoms with Crippen molar-refractivity contribution in [1.29, 1.82) is 0 Å². The van der Waals surface area contributed by atoms with Gasteiger partial charge in [0.05, 0.1) is 11.1 Å². The highest BCUT2D eigenvalue weighted by atomic mass is 32.1. The van der Waals surface area contributed by atoms with E-state index in [0.717, 1.165) is 0 Å². The maximum Gasteiger partial charge on any atom is 0.342 e. The van der Waals surface area contributed by atoms with Crippen LogP contribution in [0.5, 0.6) is 5.75 Å². The number of benzene rings is 2. The number of para-hydroxylation sites is 1. The van der Waals surface area contributed by atoms with Gasteiger partial charge >= 0.3 is 5.97 Å². The van der Waals surface area contributed by atoms with Crippen LogP contribution >= 0.6 is 12.6 Å². The standard InChI is InChI=1S/C14H10O3S/c15-13-10-7-4-8-11(18)12(10)14(17-13)16-9-5-2-1-3-6-9/h1-8,14,18H. The van der Waals surface area contributed by atoms with Crippen LogP contribution in [0.15, 0.2) is 53.4 Å². The number of hydrogen-bond acceptors (Lipinski definition) is 4. The van der Waals surface area contributed by atoms with Crippen LogP contribution in [0, 0.1) is 0 Å². The third-order valence-electron chi connectivity index (χ3n) is 2.74. The summed E-state index contributed by atoms with van der Waals surface area (Å²) in [6.07, 6.45) is -0.719. The van der Waals surface area contributed by atoms with Gasteiger partial charge in [0.25, 0.3) is 6.29 Å². The number of ether oxygens (including phenoxy) is 2. The second-order valence-electron chi connectivity index (χ2n) is 3.91. The fourth-order valence-corrected chi connectivity index (χ4v) is 2.22. The van der Waals surface area contributed by atoms with Crippen LogP contribution in [0.4, 0.5) is 0 Å². The Balaban J connectivity index is 1.96. The van der Waals surface area contributed by atoms with Gasteiger partial charge in [0.2, 0.25) is 0 Å². The minimum Gasteiger partial charge on any atom is -0.450 e. The molecule has 0 aromatic heterocycles. The summed E-state index contributed by atoms with van der Waals surface area (Å²) in [5, 5.41) is 0. The van der Waals surface area contributed by atoms with Crippen molar-refractivity contribution in [2.24, 2.45) is 0 Å². The summed E-state index contributed by atoms with van der Waals surface area (Å²) in [6, 6.07) is 14.5. The average molecular weight is 258 g/mol. The molecular weight excluding hydrogens is 248 g/mol. The number of rotatable bonds is 2. The zero-order valence-electron chi connectivity index (χ0n) is 9.37. The molecule has 0 saturated heterocycles. The zero-order chi connectivity index (χ0) is 12.5. The van der Waals surface area contributed by atoms with Gasteiger partial charge in [-0.2, -0.15) is 0 Å². The van der Waals surface area contributed by atoms with Crippen molar-refractivity contribution in [1.82, 2.24) is 0 Å². The van der Waals surface area contributed by atoms with Crippen molar-refractivity contribution in [3.8, 4) is 5.75 Å². The van der Waals surface area contributed by atoms with E-state index in [1.807, 2.05) is 36.4 Å². The summed E-state index contributed by atoms with van der Waals surface area (Å²) in [5.74, 6) is 0.279. The lowest BCUT2D eigenvalue weighted by atomic mass is 10.1. The Morgan fingerprint density at radius 3 is 2.61 bits per heavy atom. The highest BCUT2D eigenvalue weighted by Gasteiger charge is 2.34. The molecule has 0 amide bonds. The molecule has 0 saturated carbocycles. The van der Waals surface area contributed by atoms with E-state index in [9.17, 15) is 4.79 Å². The molecule has 0 N–H and O–H groups in total. The predicted octanol–water partition coefficient (Wildman–Crippen LogP) is 3.22. The maximum absolute atomic E-state index is 11.7. The summed E-state index contributed by atoms with van der Waals surface area (Å²) in [5.41, 5.74) is 1.21. The normalized spacial score (nSPS) is 17.2. The Morgan fingerprint density at radius 2 is 1.83 bits per heavy atom. The Morgan fingerprint density at radius 1 is 1.06 bits per heavy atom. The first-order valence-electron chi connectivity index (χ1n) is 5.50. The molecule has 0 aliphatic carbocycles. The molecule has 18 heavy (non-hydrogen) atoms. The first kappa shape index (κ1) is 11.2. The van der Waals surface area contributed by atoms with E-state index >= 15 is 0 Å². The Kier molecular flexibility index (Phi) is 2.72. The molecule has 3 nitrogen and oxygen atoms in total. The molecule has 0 radical (unpaired) electrons. The summed E-state index contributed by atoms with van der Waals surface area (Å²) >= 11 is 4.34. The van der Waals surface area contributed by atoms with Crippen LogP contribution in [0.1, 0.15) is 22.2 Å². The molecule has 1 atom stereocenters. The van der Waals surface area contributed by atoms with Crippen molar-refractivity contribution < 1.29 is 14.3 Å². The van der Waals surface area contributed by atoms with Crippen molar-refractivity contribution >= 4 is 18.6 Å². The SMILES string of the molecule is O=C1OC(Oc2ccccc2)c2c(S)cccc21. The Hall–Kier alpha value is -1.94. The molecule has 1 aliphatic heterocycles. The zero-order valence-corrected chi connectivity index (χ0v) is 10.3. The van der Waals surface area contributed by atoms with Crippen LogP contribution in [0.25, 0.3) is 0 Å². The molecule has 3 rings (SSSR count). The topological polar surface area (TPSA) is 35.5 Å². The van der Waals surface area contributed by atoms with Crippen LogP contribution in [0.2, 0.25) is 0 Å². The van der Waals surface area contributed by atoms with Gasteiger partial charge in [-0.3, -0.25) is 0 Å². The van der Waals surface area contributed by atoms with E-state index < -0.39 is 6.29 Å². The lowest BCUT2D eigenvalue weighted by Gasteiger charge is -2.14. The first-order valence-corrected chi connectivity index (χ1v) is 5.95. The van der Waals surface area contributed by atoms with E-state index in [1.165, 1.54) is 0 Å². The van der Waals surface area contributed by atoms with Gasteiger partial charge in [0.1, 0.15) is 5.75 Å². The lowest BCUT2D eigenvalue weighted by Crippen LogP contribution is -2.07. The molecule has 2 aromatic carbocycles. The van der Waals surface area contributed by atoms with Crippen molar-refractivity contribution in [3.63, 3.8) is 0 Å². The van der Waals surface area contributed by atoms with Crippen LogP contribution < -0.4 is 4.74 Å². The Labute approximate surface area is 110 Å². The fraction of sp³-hybridized carbons (Fsp3) is 0.0714. The third-order valence-corrected chi connectivity index (χ3v) is 3.13. The van der Waals surface area contributed by atoms with Crippen molar-refractivity contribution in [2.45, 2.75) is 11.2 Å². The maximum atomic E-state index is 11.7. The van der Waals surface area contributed by atoms with E-state index in [2.05, 4.69) is 12.6 Å². The quantitative estimate of drug-likeness (QED) is 0.663. The minimum atomic E-state index is -0.719. The molecule has 1 heterocycles. The van der Waals surface area contributed by atoms with E-state index in [-0.39, 0.29) is 5.97 Å². The second kappa shape index (κ2) is 4.38. The summed E-state index contributed by atoms with van der Waals surface area (Å²) in [7, 11) is 0. The van der Waals surface area contributed by atoms with Gasteiger partial charge < -0.3 is 9.47 Å². The van der Waals surface area contributed by atoms with E-state index in [0.29, 0.717) is 21.8 Å². The monoisotopic (exact) mass is 258 g/mol. The molecule has 0 spiro atoms. The molecule has 2 aromatic rings. The molecule has 0 bridgehead atoms. The average Bonchev–Trinajstić information content (AvgIpc) is 2.69. The molecule has 1 aliphatic rings. The number of hydrogen-bond donors (Lipinski definition) is 1. The number of thiol groups is 1. The van der Waals surface area contributed by atoms with Gasteiger partial charge in [-0.15, -0.1) is 12.6 Å². The van der Waals surface area contributed by atoms with Crippen LogP contribution in [-0.4, -0.2) is 5.97 Å². The van der Waals surface area contributed by atoms with Gasteiger partial charge in [-0.25, -0.2) is 4.79 Å². The van der Waals surface area contributed by atoms with Crippen LogP contribution in [-0.2, 0) is 4.74 Å². The number of carbonyl (C=O) groups is 1. The van der Waals surface area contributed by atoms with Crippen molar-refractivity contribution in [3.05, 3.63) is 59.7 Å². The van der Waals surface area contributed by atoms with Crippen LogP contribution in [0.3, 0.4) is 0 Å². The predicted molar refractivity (Wildman–Crippen MR) is 68.9 cm³/mol. The highest BCUT2D eigenvalue weighted by Crippen LogP contribution is 2.36. The smallest absolute Gasteiger partial charge is 0.342 e. The van der Waals surface area contributed by atoms with E-state index in [1.54, 1.807) is 12.1 Å². The van der Waals surface area contributed by atoms with Gasteiger partial charge in [0, 0.05) is 4.90 Å². The summed E-state index contributed by atoms with van der Waals surface area (Å²) < 4.78 is 10.9. The highest BCUT2D eigenvalue weighted by molar-refractivity contribution is 7.80. The number of esters is 1. The minimum absolute atomic E-state index is 0.373. The fourth-order valence-electron chi connectivity index (χ4n) is 1.90. The summed E-state index contributed by atoms with van der Waals surface area (Å²) in [4.78, 5) is 12.4. The Bertz CT molecular complexity index is 595. The lowest BCUT2D eigenvalue weighted by molar-refractivity contribution is -0.0392. The molecule has 0 fully saturated rings. The van der Waals surface area contributed by atoms with Gasteiger partial charge in [-0.05, 0) is 24.3 Å². The largest absolute Gasteiger partial charge is 0.450 e. The van der Waals surface area contributed by atoms with Gasteiger partial charge in [0.15, 0.2) is 0 Å². The third kappa shape index (κ3) is 1.84. The van der Waals surface area contributed by atoms with Crippen molar-refractivity contribution in [2.75, 3.05) is 0 Å². The number of fused-ring (bicyclic) bond motifs is 1. The summed E-state index contributed by atoms with van der Waals surface area (Å²) in [6.45, 7) is 0. The number of cyclic esters (lactones) is 1. The second-order valence-corrected chi connectivity index (χ2v) is 4.39.